The summed E-state index contributed by atoms with van der Waals surface area (Å²) < 4.78 is 5.16. The number of aromatic hydroxyl groups is 1. The van der Waals surface area contributed by atoms with Crippen molar-refractivity contribution in [2.24, 2.45) is 4.99 Å². The van der Waals surface area contributed by atoms with Crippen LogP contribution in [0, 0.1) is 0 Å². The molecule has 0 spiro atoms. The number of hydrogen-bond acceptors (Lipinski definition) is 4. The van der Waals surface area contributed by atoms with E-state index < -0.39 is 0 Å². The fraction of sp³-hybridized carbons (Fsp3) is 0.364. The SMILES string of the molecule is CCNC(=NCC1CC(=O)Nc2ccccc21)NCCc1ccc(O)c(OC)c1.I. The second-order valence-corrected chi connectivity index (χ2v) is 6.94. The van der Waals surface area contributed by atoms with Gasteiger partial charge in [0.05, 0.1) is 13.7 Å². The average Bonchev–Trinajstić information content (AvgIpc) is 2.72. The Labute approximate surface area is 194 Å². The van der Waals surface area contributed by atoms with Crippen molar-refractivity contribution in [3.8, 4) is 11.5 Å². The first-order valence-electron chi connectivity index (χ1n) is 9.87. The Hall–Kier alpha value is -2.49. The van der Waals surface area contributed by atoms with Gasteiger partial charge in [-0.1, -0.05) is 24.3 Å². The van der Waals surface area contributed by atoms with Crippen LogP contribution in [0.1, 0.15) is 30.4 Å². The largest absolute Gasteiger partial charge is 0.504 e. The molecule has 30 heavy (non-hydrogen) atoms. The molecule has 4 N–H and O–H groups in total. The predicted octanol–water partition coefficient (Wildman–Crippen LogP) is 3.24. The molecule has 2 aromatic rings. The Balaban J connectivity index is 0.00000320. The average molecular weight is 524 g/mol. The minimum Gasteiger partial charge on any atom is -0.504 e. The number of phenolic OH excluding ortho intramolecular Hbond substituents is 1. The number of amides is 1. The topological polar surface area (TPSA) is 95.0 Å². The lowest BCUT2D eigenvalue weighted by atomic mass is 9.91. The van der Waals surface area contributed by atoms with Crippen molar-refractivity contribution in [3.63, 3.8) is 0 Å². The van der Waals surface area contributed by atoms with E-state index in [2.05, 4.69) is 16.0 Å². The first-order chi connectivity index (χ1) is 14.1. The molecule has 1 unspecified atom stereocenters. The Kier molecular flexibility index (Phi) is 9.22. The zero-order valence-electron chi connectivity index (χ0n) is 17.3. The van der Waals surface area contributed by atoms with E-state index in [4.69, 9.17) is 9.73 Å². The highest BCUT2D eigenvalue weighted by Gasteiger charge is 2.24. The first-order valence-corrected chi connectivity index (χ1v) is 9.87. The van der Waals surface area contributed by atoms with Crippen molar-refractivity contribution in [1.82, 2.24) is 10.6 Å². The van der Waals surface area contributed by atoms with Crippen LogP contribution >= 0.6 is 24.0 Å². The van der Waals surface area contributed by atoms with Crippen molar-refractivity contribution in [2.45, 2.75) is 25.7 Å². The second-order valence-electron chi connectivity index (χ2n) is 6.94. The van der Waals surface area contributed by atoms with Gasteiger partial charge in [-0.15, -0.1) is 24.0 Å². The number of rotatable bonds is 7. The summed E-state index contributed by atoms with van der Waals surface area (Å²) in [5.74, 6) is 1.43. The normalized spacial score (nSPS) is 15.5. The zero-order chi connectivity index (χ0) is 20.6. The van der Waals surface area contributed by atoms with Crippen LogP contribution in [0.15, 0.2) is 47.5 Å². The maximum Gasteiger partial charge on any atom is 0.225 e. The van der Waals surface area contributed by atoms with Gasteiger partial charge in [0.1, 0.15) is 0 Å². The number of nitrogens with one attached hydrogen (secondary N) is 3. The van der Waals surface area contributed by atoms with E-state index >= 15 is 0 Å². The summed E-state index contributed by atoms with van der Waals surface area (Å²) in [6, 6.07) is 13.2. The molecule has 3 rings (SSSR count). The molecule has 0 fully saturated rings. The summed E-state index contributed by atoms with van der Waals surface area (Å²) >= 11 is 0. The van der Waals surface area contributed by atoms with Gasteiger partial charge in [0.15, 0.2) is 17.5 Å². The highest BCUT2D eigenvalue weighted by Crippen LogP contribution is 2.32. The summed E-state index contributed by atoms with van der Waals surface area (Å²) in [7, 11) is 1.54. The molecule has 1 heterocycles. The number of phenols is 1. The summed E-state index contributed by atoms with van der Waals surface area (Å²) in [5.41, 5.74) is 3.06. The monoisotopic (exact) mass is 524 g/mol. The van der Waals surface area contributed by atoms with Crippen LogP contribution in [-0.4, -0.2) is 43.7 Å². The molecule has 0 bridgehead atoms. The molecule has 7 nitrogen and oxygen atoms in total. The molecule has 0 aliphatic carbocycles. The lowest BCUT2D eigenvalue weighted by Gasteiger charge is -2.24. The van der Waals surface area contributed by atoms with E-state index in [0.29, 0.717) is 25.3 Å². The molecule has 1 aliphatic rings. The van der Waals surface area contributed by atoms with E-state index in [-0.39, 0.29) is 41.6 Å². The number of guanidine groups is 1. The number of carbonyl (C=O) groups excluding carboxylic acids is 1. The third kappa shape index (κ3) is 6.25. The minimum absolute atomic E-state index is 0. The minimum atomic E-state index is 0. The molecule has 0 saturated carbocycles. The lowest BCUT2D eigenvalue weighted by molar-refractivity contribution is -0.116. The van der Waals surface area contributed by atoms with Crippen LogP contribution in [0.5, 0.6) is 11.5 Å². The molecule has 2 aromatic carbocycles. The highest BCUT2D eigenvalue weighted by molar-refractivity contribution is 14.0. The smallest absolute Gasteiger partial charge is 0.225 e. The molecule has 0 radical (unpaired) electrons. The van der Waals surface area contributed by atoms with Crippen molar-refractivity contribution >= 4 is 41.5 Å². The zero-order valence-corrected chi connectivity index (χ0v) is 19.6. The van der Waals surface area contributed by atoms with Gasteiger partial charge in [0.2, 0.25) is 5.91 Å². The van der Waals surface area contributed by atoms with Gasteiger partial charge in [-0.05, 0) is 42.7 Å². The third-order valence-corrected chi connectivity index (χ3v) is 4.87. The van der Waals surface area contributed by atoms with Crippen molar-refractivity contribution in [2.75, 3.05) is 32.1 Å². The molecule has 1 amide bonds. The number of benzene rings is 2. The number of anilines is 1. The number of nitrogens with zero attached hydrogens (tertiary/aromatic N) is 1. The second kappa shape index (κ2) is 11.6. The molecule has 8 heteroatoms. The van der Waals surface area contributed by atoms with Gasteiger partial charge in [-0.3, -0.25) is 9.79 Å². The van der Waals surface area contributed by atoms with Crippen LogP contribution in [0.3, 0.4) is 0 Å². The van der Waals surface area contributed by atoms with Crippen LogP contribution in [0.2, 0.25) is 0 Å². The van der Waals surface area contributed by atoms with Crippen LogP contribution in [-0.2, 0) is 11.2 Å². The van der Waals surface area contributed by atoms with Gasteiger partial charge in [0, 0.05) is 31.1 Å². The maximum absolute atomic E-state index is 12.0. The molecular weight excluding hydrogens is 495 g/mol. The lowest BCUT2D eigenvalue weighted by Crippen LogP contribution is -2.38. The van der Waals surface area contributed by atoms with Crippen LogP contribution in [0.4, 0.5) is 5.69 Å². The number of para-hydroxylation sites is 1. The van der Waals surface area contributed by atoms with E-state index in [1.165, 1.54) is 7.11 Å². The summed E-state index contributed by atoms with van der Waals surface area (Å²) in [4.78, 5) is 16.7. The first kappa shape index (κ1) is 23.8. The molecular formula is C22H29IN4O3. The van der Waals surface area contributed by atoms with E-state index in [1.54, 1.807) is 6.07 Å². The Bertz CT molecular complexity index is 888. The number of ether oxygens (including phenoxy) is 1. The number of methoxy groups -OCH3 is 1. The van der Waals surface area contributed by atoms with Crippen molar-refractivity contribution in [1.29, 1.82) is 0 Å². The molecule has 1 aliphatic heterocycles. The van der Waals surface area contributed by atoms with Gasteiger partial charge in [-0.25, -0.2) is 0 Å². The maximum atomic E-state index is 12.0. The Morgan fingerprint density at radius 1 is 1.27 bits per heavy atom. The fourth-order valence-corrected chi connectivity index (χ4v) is 3.41. The van der Waals surface area contributed by atoms with Gasteiger partial charge in [0.25, 0.3) is 0 Å². The number of halogens is 1. The van der Waals surface area contributed by atoms with Gasteiger partial charge in [-0.2, -0.15) is 0 Å². The molecule has 1 atom stereocenters. The van der Waals surface area contributed by atoms with Crippen LogP contribution < -0.4 is 20.7 Å². The summed E-state index contributed by atoms with van der Waals surface area (Å²) in [6.07, 6.45) is 1.20. The van der Waals surface area contributed by atoms with Crippen molar-refractivity contribution in [3.05, 3.63) is 53.6 Å². The Morgan fingerprint density at radius 2 is 2.07 bits per heavy atom. The summed E-state index contributed by atoms with van der Waals surface area (Å²) in [5, 5.41) is 19.2. The third-order valence-electron chi connectivity index (χ3n) is 4.87. The van der Waals surface area contributed by atoms with Crippen LogP contribution in [0.25, 0.3) is 0 Å². The number of aliphatic imine (C=N–C) groups is 1. The number of hydrogen-bond donors (Lipinski definition) is 4. The number of carbonyl (C=O) groups is 1. The van der Waals surface area contributed by atoms with E-state index in [9.17, 15) is 9.90 Å². The van der Waals surface area contributed by atoms with E-state index in [1.807, 2.05) is 43.3 Å². The Morgan fingerprint density at radius 3 is 2.83 bits per heavy atom. The molecule has 0 aromatic heterocycles. The van der Waals surface area contributed by atoms with E-state index in [0.717, 1.165) is 35.7 Å². The van der Waals surface area contributed by atoms with Gasteiger partial charge < -0.3 is 25.8 Å². The number of fused-ring (bicyclic) bond motifs is 1. The fourth-order valence-electron chi connectivity index (χ4n) is 3.41. The van der Waals surface area contributed by atoms with Crippen molar-refractivity contribution < 1.29 is 14.6 Å². The van der Waals surface area contributed by atoms with Gasteiger partial charge >= 0.3 is 0 Å². The predicted molar refractivity (Wildman–Crippen MR) is 130 cm³/mol. The molecule has 162 valence electrons. The molecule has 0 saturated heterocycles. The summed E-state index contributed by atoms with van der Waals surface area (Å²) in [6.45, 7) is 3.99. The quantitative estimate of drug-likeness (QED) is 0.254. The highest BCUT2D eigenvalue weighted by atomic mass is 127. The standard InChI is InChI=1S/C22H28N4O3.HI/c1-3-23-22(24-11-10-15-8-9-19(27)20(12-15)29-2)25-14-16-13-21(28)26-18-7-5-4-6-17(16)18;/h4-9,12,16,27H,3,10-11,13-14H2,1-2H3,(H,26,28)(H2,23,24,25);1H.